The molecule has 19 heavy (non-hydrogen) atoms. The fraction of sp³-hybridized carbons (Fsp3) is 0.714. The van der Waals surface area contributed by atoms with Crippen molar-refractivity contribution in [2.75, 3.05) is 19.7 Å². The SMILES string of the molecule is CCCn1nccc1C(=O)C1CN2CCCC2CO1. The molecule has 0 bridgehead atoms. The molecule has 2 atom stereocenters. The lowest BCUT2D eigenvalue weighted by Crippen LogP contribution is -2.49. The van der Waals surface area contributed by atoms with E-state index in [1.54, 1.807) is 16.9 Å². The monoisotopic (exact) mass is 263 g/mol. The molecule has 5 heteroatoms. The van der Waals surface area contributed by atoms with Crippen molar-refractivity contribution in [3.05, 3.63) is 18.0 Å². The lowest BCUT2D eigenvalue weighted by molar-refractivity contribution is -0.0348. The third kappa shape index (κ3) is 2.44. The quantitative estimate of drug-likeness (QED) is 0.769. The Labute approximate surface area is 113 Å². The number of aryl methyl sites for hydroxylation is 1. The molecule has 2 aliphatic rings. The molecule has 2 aliphatic heterocycles. The predicted molar refractivity (Wildman–Crippen MR) is 71.2 cm³/mol. The molecule has 0 N–H and O–H groups in total. The summed E-state index contributed by atoms with van der Waals surface area (Å²) in [5, 5.41) is 4.21. The van der Waals surface area contributed by atoms with Gasteiger partial charge in [-0.3, -0.25) is 14.4 Å². The van der Waals surface area contributed by atoms with Crippen LogP contribution < -0.4 is 0 Å². The summed E-state index contributed by atoms with van der Waals surface area (Å²) in [6.07, 6.45) is 4.78. The summed E-state index contributed by atoms with van der Waals surface area (Å²) in [5.74, 6) is 0.0799. The van der Waals surface area contributed by atoms with E-state index in [0.717, 1.165) is 26.1 Å². The van der Waals surface area contributed by atoms with E-state index >= 15 is 0 Å². The summed E-state index contributed by atoms with van der Waals surface area (Å²) in [4.78, 5) is 14.9. The standard InChI is InChI=1S/C14H21N3O2/c1-2-7-17-12(5-6-15-17)14(18)13-9-16-8-3-4-11(16)10-19-13/h5-6,11,13H,2-4,7-10H2,1H3. The molecule has 0 saturated carbocycles. The third-order valence-electron chi connectivity index (χ3n) is 4.09. The van der Waals surface area contributed by atoms with E-state index in [4.69, 9.17) is 4.74 Å². The predicted octanol–water partition coefficient (Wildman–Crippen LogP) is 1.34. The Morgan fingerprint density at radius 2 is 2.47 bits per heavy atom. The highest BCUT2D eigenvalue weighted by Crippen LogP contribution is 2.24. The van der Waals surface area contributed by atoms with Gasteiger partial charge >= 0.3 is 0 Å². The van der Waals surface area contributed by atoms with Gasteiger partial charge < -0.3 is 4.74 Å². The van der Waals surface area contributed by atoms with Crippen LogP contribution in [-0.4, -0.2) is 52.3 Å². The van der Waals surface area contributed by atoms with Crippen LogP contribution in [0, 0.1) is 0 Å². The number of fused-ring (bicyclic) bond motifs is 1. The zero-order valence-corrected chi connectivity index (χ0v) is 11.4. The zero-order valence-electron chi connectivity index (χ0n) is 11.4. The molecule has 0 spiro atoms. The highest BCUT2D eigenvalue weighted by molar-refractivity contribution is 5.98. The van der Waals surface area contributed by atoms with Crippen molar-refractivity contribution in [2.45, 2.75) is 44.9 Å². The number of ether oxygens (including phenoxy) is 1. The first-order valence-electron chi connectivity index (χ1n) is 7.21. The Morgan fingerprint density at radius 1 is 1.58 bits per heavy atom. The molecule has 0 amide bonds. The molecule has 104 valence electrons. The number of nitrogens with zero attached hydrogens (tertiary/aromatic N) is 3. The Bertz CT molecular complexity index is 457. The number of hydrogen-bond acceptors (Lipinski definition) is 4. The van der Waals surface area contributed by atoms with Crippen molar-refractivity contribution in [2.24, 2.45) is 0 Å². The minimum atomic E-state index is -0.318. The normalized spacial score (nSPS) is 27.4. The molecule has 0 radical (unpaired) electrons. The van der Waals surface area contributed by atoms with E-state index in [1.165, 1.54) is 12.8 Å². The van der Waals surface area contributed by atoms with Crippen LogP contribution in [0.25, 0.3) is 0 Å². The Hall–Kier alpha value is -1.20. The first kappa shape index (κ1) is 12.8. The molecule has 2 unspecified atom stereocenters. The first-order chi connectivity index (χ1) is 9.29. The van der Waals surface area contributed by atoms with Crippen molar-refractivity contribution in [1.82, 2.24) is 14.7 Å². The van der Waals surface area contributed by atoms with Crippen molar-refractivity contribution in [3.63, 3.8) is 0 Å². The van der Waals surface area contributed by atoms with Crippen molar-refractivity contribution in [3.8, 4) is 0 Å². The van der Waals surface area contributed by atoms with Gasteiger partial charge in [-0.15, -0.1) is 0 Å². The van der Waals surface area contributed by atoms with Crippen molar-refractivity contribution >= 4 is 5.78 Å². The third-order valence-corrected chi connectivity index (χ3v) is 4.09. The maximum absolute atomic E-state index is 12.5. The number of ketones is 1. The summed E-state index contributed by atoms with van der Waals surface area (Å²) < 4.78 is 7.57. The summed E-state index contributed by atoms with van der Waals surface area (Å²) in [5.41, 5.74) is 0.685. The smallest absolute Gasteiger partial charge is 0.210 e. The fourth-order valence-corrected chi connectivity index (χ4v) is 3.07. The summed E-state index contributed by atoms with van der Waals surface area (Å²) in [7, 11) is 0. The van der Waals surface area contributed by atoms with E-state index < -0.39 is 0 Å². The van der Waals surface area contributed by atoms with Crippen molar-refractivity contribution in [1.29, 1.82) is 0 Å². The number of hydrogen-bond donors (Lipinski definition) is 0. The number of aromatic nitrogens is 2. The van der Waals surface area contributed by atoms with Crippen LogP contribution in [0.15, 0.2) is 12.3 Å². The summed E-state index contributed by atoms with van der Waals surface area (Å²) in [6, 6.07) is 2.34. The summed E-state index contributed by atoms with van der Waals surface area (Å²) in [6.45, 7) is 5.40. The van der Waals surface area contributed by atoms with Crippen LogP contribution in [0.5, 0.6) is 0 Å². The second-order valence-electron chi connectivity index (χ2n) is 5.42. The minimum absolute atomic E-state index is 0.0799. The minimum Gasteiger partial charge on any atom is -0.367 e. The number of carbonyl (C=O) groups excluding carboxylic acids is 1. The van der Waals surface area contributed by atoms with Crippen LogP contribution in [0.3, 0.4) is 0 Å². The molecular formula is C14H21N3O2. The average molecular weight is 263 g/mol. The topological polar surface area (TPSA) is 47.4 Å². The highest BCUT2D eigenvalue weighted by Gasteiger charge is 2.36. The van der Waals surface area contributed by atoms with Crippen LogP contribution in [-0.2, 0) is 11.3 Å². The zero-order chi connectivity index (χ0) is 13.2. The van der Waals surface area contributed by atoms with E-state index in [-0.39, 0.29) is 11.9 Å². The van der Waals surface area contributed by atoms with Gasteiger partial charge in [-0.2, -0.15) is 5.10 Å². The number of morpholine rings is 1. The van der Waals surface area contributed by atoms with Gasteiger partial charge in [0.15, 0.2) is 0 Å². The van der Waals surface area contributed by atoms with E-state index in [2.05, 4.69) is 16.9 Å². The molecule has 1 aromatic rings. The van der Waals surface area contributed by atoms with Gasteiger partial charge in [-0.05, 0) is 31.9 Å². The Kier molecular flexibility index (Phi) is 3.66. The van der Waals surface area contributed by atoms with Crippen molar-refractivity contribution < 1.29 is 9.53 Å². The van der Waals surface area contributed by atoms with Gasteiger partial charge in [0.2, 0.25) is 5.78 Å². The molecule has 5 nitrogen and oxygen atoms in total. The number of rotatable bonds is 4. The van der Waals surface area contributed by atoms with Crippen LogP contribution in [0.2, 0.25) is 0 Å². The molecular weight excluding hydrogens is 242 g/mol. The first-order valence-corrected chi connectivity index (χ1v) is 7.21. The summed E-state index contributed by atoms with van der Waals surface area (Å²) >= 11 is 0. The lowest BCUT2D eigenvalue weighted by Gasteiger charge is -2.34. The highest BCUT2D eigenvalue weighted by atomic mass is 16.5. The molecule has 0 aliphatic carbocycles. The molecule has 0 aromatic carbocycles. The van der Waals surface area contributed by atoms with Gasteiger partial charge in [0.25, 0.3) is 0 Å². The molecule has 2 fully saturated rings. The van der Waals surface area contributed by atoms with Gasteiger partial charge in [0.05, 0.1) is 6.61 Å². The maximum atomic E-state index is 12.5. The second-order valence-corrected chi connectivity index (χ2v) is 5.42. The van der Waals surface area contributed by atoms with E-state index in [9.17, 15) is 4.79 Å². The van der Waals surface area contributed by atoms with Crippen LogP contribution >= 0.6 is 0 Å². The molecule has 2 saturated heterocycles. The Morgan fingerprint density at radius 3 is 3.32 bits per heavy atom. The number of Topliss-reactive ketones (excluding diaryl/α,β-unsaturated/α-hetero) is 1. The van der Waals surface area contributed by atoms with Gasteiger partial charge in [-0.25, -0.2) is 0 Å². The van der Waals surface area contributed by atoms with Crippen LogP contribution in [0.1, 0.15) is 36.7 Å². The average Bonchev–Trinajstić information content (AvgIpc) is 3.05. The number of carbonyl (C=O) groups is 1. The molecule has 1 aromatic heterocycles. The molecule has 3 heterocycles. The fourth-order valence-electron chi connectivity index (χ4n) is 3.07. The lowest BCUT2D eigenvalue weighted by atomic mass is 10.1. The van der Waals surface area contributed by atoms with Crippen LogP contribution in [0.4, 0.5) is 0 Å². The molecule has 3 rings (SSSR count). The van der Waals surface area contributed by atoms with E-state index in [0.29, 0.717) is 18.3 Å². The Balaban J connectivity index is 1.71. The second kappa shape index (κ2) is 5.43. The van der Waals surface area contributed by atoms with Gasteiger partial charge in [-0.1, -0.05) is 6.92 Å². The van der Waals surface area contributed by atoms with E-state index in [1.807, 2.05) is 0 Å². The van der Waals surface area contributed by atoms with Gasteiger partial charge in [0.1, 0.15) is 11.8 Å². The largest absolute Gasteiger partial charge is 0.367 e. The van der Waals surface area contributed by atoms with Gasteiger partial charge in [0, 0.05) is 25.3 Å². The maximum Gasteiger partial charge on any atom is 0.210 e.